The molecule has 0 spiro atoms. The summed E-state index contributed by atoms with van der Waals surface area (Å²) in [5.41, 5.74) is 0.269. The van der Waals surface area contributed by atoms with E-state index in [0.717, 1.165) is 6.42 Å². The third-order valence-electron chi connectivity index (χ3n) is 4.07. The lowest BCUT2D eigenvalue weighted by Gasteiger charge is -2.29. The molecular weight excluding hydrogens is 260 g/mol. The minimum atomic E-state index is -0.353. The van der Waals surface area contributed by atoms with Crippen LogP contribution in [0.5, 0.6) is 0 Å². The van der Waals surface area contributed by atoms with E-state index < -0.39 is 0 Å². The quantitative estimate of drug-likeness (QED) is 0.677. The maximum Gasteiger partial charge on any atom is 0.334 e. The Labute approximate surface area is 118 Å². The highest BCUT2D eigenvalue weighted by Gasteiger charge is 2.40. The van der Waals surface area contributed by atoms with E-state index in [9.17, 15) is 10.1 Å². The minimum absolute atomic E-state index is 0.000459. The number of anilines is 1. The number of hydrogen-bond donors (Lipinski definition) is 1. The molecule has 1 fully saturated rings. The minimum Gasteiger partial charge on any atom is -0.376 e. The molecule has 0 saturated carbocycles. The Morgan fingerprint density at radius 1 is 1.60 bits per heavy atom. The van der Waals surface area contributed by atoms with Gasteiger partial charge in [-0.15, -0.1) is 0 Å². The van der Waals surface area contributed by atoms with Crippen molar-refractivity contribution < 1.29 is 9.66 Å². The van der Waals surface area contributed by atoms with E-state index in [1.54, 1.807) is 11.7 Å². The zero-order chi connectivity index (χ0) is 15.1. The van der Waals surface area contributed by atoms with Gasteiger partial charge in [0.1, 0.15) is 5.69 Å². The molecule has 0 aromatic carbocycles. The summed E-state index contributed by atoms with van der Waals surface area (Å²) < 4.78 is 7.13. The molecule has 0 aliphatic carbocycles. The number of aromatic nitrogens is 2. The van der Waals surface area contributed by atoms with Gasteiger partial charge in [-0.25, -0.2) is 4.68 Å². The third kappa shape index (κ3) is 2.37. The molecular formula is C13H22N4O3. The van der Waals surface area contributed by atoms with Crippen LogP contribution in [0.25, 0.3) is 0 Å². The molecule has 2 heterocycles. The Kier molecular flexibility index (Phi) is 3.73. The van der Waals surface area contributed by atoms with E-state index in [1.807, 2.05) is 27.7 Å². The molecule has 7 heteroatoms. The summed E-state index contributed by atoms with van der Waals surface area (Å²) in [6.45, 7) is 8.47. The van der Waals surface area contributed by atoms with Gasteiger partial charge in [0.15, 0.2) is 0 Å². The molecule has 0 radical (unpaired) electrons. The van der Waals surface area contributed by atoms with Crippen molar-refractivity contribution in [3.63, 3.8) is 0 Å². The zero-order valence-corrected chi connectivity index (χ0v) is 12.6. The molecule has 112 valence electrons. The lowest BCUT2D eigenvalue weighted by atomic mass is 9.94. The van der Waals surface area contributed by atoms with Crippen molar-refractivity contribution in [3.05, 3.63) is 15.8 Å². The second-order valence-electron chi connectivity index (χ2n) is 5.92. The van der Waals surface area contributed by atoms with E-state index in [1.165, 1.54) is 0 Å². The van der Waals surface area contributed by atoms with Crippen LogP contribution in [0.3, 0.4) is 0 Å². The van der Waals surface area contributed by atoms with Gasteiger partial charge in [0.25, 0.3) is 0 Å². The Balaban J connectivity index is 2.43. The van der Waals surface area contributed by atoms with Crippen LogP contribution in [0.2, 0.25) is 0 Å². The van der Waals surface area contributed by atoms with Gasteiger partial charge in [0.05, 0.1) is 16.6 Å². The number of ether oxygens (including phenoxy) is 1. The fourth-order valence-corrected chi connectivity index (χ4v) is 2.51. The first-order valence-corrected chi connectivity index (χ1v) is 6.87. The summed E-state index contributed by atoms with van der Waals surface area (Å²) in [5, 5.41) is 19.0. The van der Waals surface area contributed by atoms with Crippen molar-refractivity contribution in [1.29, 1.82) is 0 Å². The Morgan fingerprint density at radius 2 is 2.25 bits per heavy atom. The number of hydrogen-bond acceptors (Lipinski definition) is 5. The van der Waals surface area contributed by atoms with E-state index >= 15 is 0 Å². The van der Waals surface area contributed by atoms with Crippen LogP contribution in [0.4, 0.5) is 11.5 Å². The van der Waals surface area contributed by atoms with Crippen LogP contribution >= 0.6 is 0 Å². The van der Waals surface area contributed by atoms with Gasteiger partial charge < -0.3 is 10.1 Å². The van der Waals surface area contributed by atoms with Crippen LogP contribution in [-0.4, -0.2) is 33.0 Å². The van der Waals surface area contributed by atoms with E-state index in [4.69, 9.17) is 4.74 Å². The lowest BCUT2D eigenvalue weighted by molar-refractivity contribution is -0.384. The van der Waals surface area contributed by atoms with E-state index in [-0.39, 0.29) is 28.2 Å². The summed E-state index contributed by atoms with van der Waals surface area (Å²) >= 11 is 0. The van der Waals surface area contributed by atoms with Crippen LogP contribution in [0.15, 0.2) is 0 Å². The number of nitro groups is 1. The number of aryl methyl sites for hydroxylation is 1. The van der Waals surface area contributed by atoms with Gasteiger partial charge in [-0.1, -0.05) is 13.8 Å². The predicted molar refractivity (Wildman–Crippen MR) is 76.0 cm³/mol. The summed E-state index contributed by atoms with van der Waals surface area (Å²) in [7, 11) is 1.73. The van der Waals surface area contributed by atoms with Gasteiger partial charge in [-0.2, -0.15) is 5.10 Å². The molecule has 1 aromatic heterocycles. The van der Waals surface area contributed by atoms with Crippen LogP contribution in [0, 0.1) is 10.1 Å². The molecule has 2 atom stereocenters. The van der Waals surface area contributed by atoms with Gasteiger partial charge in [-0.3, -0.25) is 10.1 Å². The highest BCUT2D eigenvalue weighted by atomic mass is 16.6. The summed E-state index contributed by atoms with van der Waals surface area (Å²) in [4.78, 5) is 11.0. The smallest absolute Gasteiger partial charge is 0.334 e. The first-order chi connectivity index (χ1) is 9.26. The summed E-state index contributed by atoms with van der Waals surface area (Å²) in [6, 6.07) is 0. The zero-order valence-electron chi connectivity index (χ0n) is 12.6. The van der Waals surface area contributed by atoms with Crippen LogP contribution in [0.1, 0.15) is 45.7 Å². The maximum absolute atomic E-state index is 11.4. The van der Waals surface area contributed by atoms with Crippen molar-refractivity contribution in [1.82, 2.24) is 9.78 Å². The standard InChI is InChI=1S/C13H22N4O3/c1-8(2)10-11(17(18)19)12(16(5)15-10)14-13(4)6-7-20-9(13)3/h8-9,14H,6-7H2,1-5H3. The highest BCUT2D eigenvalue weighted by molar-refractivity contribution is 5.62. The summed E-state index contributed by atoms with van der Waals surface area (Å²) in [6.07, 6.45) is 0.813. The fourth-order valence-electron chi connectivity index (χ4n) is 2.51. The lowest BCUT2D eigenvalue weighted by Crippen LogP contribution is -2.42. The number of nitrogens with one attached hydrogen (secondary N) is 1. The largest absolute Gasteiger partial charge is 0.376 e. The first-order valence-electron chi connectivity index (χ1n) is 6.87. The molecule has 2 rings (SSSR count). The molecule has 1 aromatic rings. The highest BCUT2D eigenvalue weighted by Crippen LogP contribution is 2.37. The number of rotatable bonds is 4. The molecule has 1 saturated heterocycles. The normalized spacial score (nSPS) is 26.2. The van der Waals surface area contributed by atoms with E-state index in [0.29, 0.717) is 18.1 Å². The fraction of sp³-hybridized carbons (Fsp3) is 0.769. The topological polar surface area (TPSA) is 82.2 Å². The van der Waals surface area contributed by atoms with Gasteiger partial charge in [0.2, 0.25) is 5.82 Å². The monoisotopic (exact) mass is 282 g/mol. The maximum atomic E-state index is 11.4. The molecule has 7 nitrogen and oxygen atoms in total. The first kappa shape index (κ1) is 14.8. The Morgan fingerprint density at radius 3 is 2.70 bits per heavy atom. The molecule has 2 unspecified atom stereocenters. The van der Waals surface area contributed by atoms with Crippen LogP contribution in [-0.2, 0) is 11.8 Å². The van der Waals surface area contributed by atoms with Gasteiger partial charge >= 0.3 is 5.69 Å². The SMILES string of the molecule is CC(C)c1nn(C)c(NC2(C)CCOC2C)c1[N+](=O)[O-]. The van der Waals surface area contributed by atoms with Crippen LogP contribution < -0.4 is 5.32 Å². The van der Waals surface area contributed by atoms with E-state index in [2.05, 4.69) is 10.4 Å². The van der Waals surface area contributed by atoms with Crippen molar-refractivity contribution in [2.24, 2.45) is 7.05 Å². The Hall–Kier alpha value is -1.63. The Bertz CT molecular complexity index is 526. The van der Waals surface area contributed by atoms with Crippen molar-refractivity contribution in [3.8, 4) is 0 Å². The molecule has 1 N–H and O–H groups in total. The molecule has 20 heavy (non-hydrogen) atoms. The third-order valence-corrected chi connectivity index (χ3v) is 4.07. The van der Waals surface area contributed by atoms with Crippen molar-refractivity contribution in [2.75, 3.05) is 11.9 Å². The predicted octanol–water partition coefficient (Wildman–Crippen LogP) is 2.43. The average Bonchev–Trinajstić information content (AvgIpc) is 2.82. The molecule has 1 aliphatic rings. The van der Waals surface area contributed by atoms with Crippen molar-refractivity contribution in [2.45, 2.75) is 51.7 Å². The molecule has 1 aliphatic heterocycles. The number of nitrogens with zero attached hydrogens (tertiary/aromatic N) is 3. The van der Waals surface area contributed by atoms with Gasteiger partial charge in [-0.05, 0) is 20.3 Å². The average molecular weight is 282 g/mol. The van der Waals surface area contributed by atoms with Gasteiger partial charge in [0, 0.05) is 19.6 Å². The molecule has 0 bridgehead atoms. The summed E-state index contributed by atoms with van der Waals surface area (Å²) in [5.74, 6) is 0.459. The molecule has 0 amide bonds. The second kappa shape index (κ2) is 5.05. The second-order valence-corrected chi connectivity index (χ2v) is 5.92. The van der Waals surface area contributed by atoms with Crippen molar-refractivity contribution >= 4 is 11.5 Å².